The van der Waals surface area contributed by atoms with Crippen molar-refractivity contribution in [1.82, 2.24) is 5.32 Å². The Hall–Kier alpha value is -0.510. The zero-order valence-electron chi connectivity index (χ0n) is 11.7. The van der Waals surface area contributed by atoms with E-state index in [2.05, 4.69) is 50.4 Å². The molecule has 102 valence electrons. The van der Waals surface area contributed by atoms with Gasteiger partial charge in [-0.2, -0.15) is 0 Å². The fraction of sp³-hybridized carbons (Fsp3) is 0.600. The quantitative estimate of drug-likeness (QED) is 0.542. The van der Waals surface area contributed by atoms with Crippen molar-refractivity contribution < 1.29 is 4.74 Å². The number of thioether (sulfide) groups is 1. The zero-order chi connectivity index (χ0) is 13.2. The summed E-state index contributed by atoms with van der Waals surface area (Å²) < 4.78 is 5.66. The summed E-state index contributed by atoms with van der Waals surface area (Å²) in [4.78, 5) is 1.34. The molecule has 0 amide bonds. The van der Waals surface area contributed by atoms with E-state index in [0.717, 1.165) is 31.9 Å². The number of nitrogens with one attached hydrogen (secondary N) is 1. The Kier molecular flexibility index (Phi) is 8.14. The molecule has 0 spiro atoms. The topological polar surface area (TPSA) is 21.3 Å². The molecule has 0 aliphatic carbocycles. The molecule has 0 aliphatic heterocycles. The smallest absolute Gasteiger partial charge is 0.0661 e. The van der Waals surface area contributed by atoms with E-state index >= 15 is 0 Å². The van der Waals surface area contributed by atoms with Crippen LogP contribution in [0.2, 0.25) is 0 Å². The highest BCUT2D eigenvalue weighted by Gasteiger charge is 2.10. The third-order valence-corrected chi connectivity index (χ3v) is 3.57. The summed E-state index contributed by atoms with van der Waals surface area (Å²) in [6.45, 7) is 9.00. The maximum Gasteiger partial charge on any atom is 0.0661 e. The number of rotatable bonds is 9. The van der Waals surface area contributed by atoms with E-state index in [4.69, 9.17) is 4.74 Å². The molecule has 1 N–H and O–H groups in total. The van der Waals surface area contributed by atoms with E-state index in [1.807, 2.05) is 11.8 Å². The third kappa shape index (κ3) is 5.42. The van der Waals surface area contributed by atoms with Gasteiger partial charge in [0.25, 0.3) is 0 Å². The van der Waals surface area contributed by atoms with Crippen LogP contribution in [0, 0.1) is 0 Å². The summed E-state index contributed by atoms with van der Waals surface area (Å²) in [5.41, 5.74) is 1.31. The van der Waals surface area contributed by atoms with Crippen LogP contribution in [0.1, 0.15) is 38.8 Å². The van der Waals surface area contributed by atoms with Gasteiger partial charge >= 0.3 is 0 Å². The summed E-state index contributed by atoms with van der Waals surface area (Å²) in [5, 5.41) is 3.48. The van der Waals surface area contributed by atoms with Gasteiger partial charge in [0, 0.05) is 11.5 Å². The molecule has 3 heteroatoms. The van der Waals surface area contributed by atoms with Gasteiger partial charge in [-0.15, -0.1) is 11.8 Å². The van der Waals surface area contributed by atoms with Crippen molar-refractivity contribution in [3.63, 3.8) is 0 Å². The Morgan fingerprint density at radius 2 is 1.89 bits per heavy atom. The second kappa shape index (κ2) is 9.42. The molecule has 0 saturated heterocycles. The molecule has 0 aliphatic rings. The second-order valence-electron chi connectivity index (χ2n) is 4.19. The number of likely N-dealkylation sites (N-methyl/N-ethyl adjacent to an activating group) is 1. The van der Waals surface area contributed by atoms with Crippen molar-refractivity contribution in [1.29, 1.82) is 0 Å². The Morgan fingerprint density at radius 1 is 1.17 bits per heavy atom. The number of benzene rings is 1. The number of ether oxygens (including phenoxy) is 1. The molecular formula is C15H25NOS. The molecule has 1 rings (SSSR count). The Labute approximate surface area is 116 Å². The molecule has 1 atom stereocenters. The molecule has 0 fully saturated rings. The van der Waals surface area contributed by atoms with Gasteiger partial charge in [-0.05, 0) is 36.4 Å². The fourth-order valence-electron chi connectivity index (χ4n) is 1.83. The van der Waals surface area contributed by atoms with Crippen LogP contribution >= 0.6 is 11.8 Å². The zero-order valence-corrected chi connectivity index (χ0v) is 12.6. The van der Waals surface area contributed by atoms with Crippen LogP contribution in [0.15, 0.2) is 29.2 Å². The summed E-state index contributed by atoms with van der Waals surface area (Å²) in [7, 11) is 0. The Bertz CT molecular complexity index is 313. The van der Waals surface area contributed by atoms with Gasteiger partial charge in [-0.1, -0.05) is 32.9 Å². The molecule has 0 bridgehead atoms. The first-order valence-corrected chi connectivity index (χ1v) is 7.84. The van der Waals surface area contributed by atoms with Crippen molar-refractivity contribution in [3.05, 3.63) is 29.8 Å². The van der Waals surface area contributed by atoms with Gasteiger partial charge in [0.2, 0.25) is 0 Å². The minimum atomic E-state index is 0.308. The summed E-state index contributed by atoms with van der Waals surface area (Å²) >= 11 is 1.88. The lowest BCUT2D eigenvalue weighted by Gasteiger charge is -2.18. The lowest BCUT2D eigenvalue weighted by molar-refractivity contribution is 0.112. The van der Waals surface area contributed by atoms with Gasteiger partial charge in [0.15, 0.2) is 0 Å². The van der Waals surface area contributed by atoms with E-state index in [9.17, 15) is 0 Å². The van der Waals surface area contributed by atoms with E-state index in [0.29, 0.717) is 6.04 Å². The van der Waals surface area contributed by atoms with E-state index in [1.54, 1.807) is 0 Å². The molecule has 0 heterocycles. The first-order valence-electron chi connectivity index (χ1n) is 6.85. The predicted octanol–water partition coefficient (Wildman–Crippen LogP) is 3.88. The van der Waals surface area contributed by atoms with Crippen LogP contribution in [0.4, 0.5) is 0 Å². The van der Waals surface area contributed by atoms with Gasteiger partial charge in [-0.25, -0.2) is 0 Å². The van der Waals surface area contributed by atoms with Gasteiger partial charge < -0.3 is 10.1 Å². The fourth-order valence-corrected chi connectivity index (χ4v) is 2.49. The molecule has 18 heavy (non-hydrogen) atoms. The summed E-state index contributed by atoms with van der Waals surface area (Å²) in [6, 6.07) is 9.13. The van der Waals surface area contributed by atoms with Crippen molar-refractivity contribution in [3.8, 4) is 0 Å². The predicted molar refractivity (Wildman–Crippen MR) is 80.4 cm³/mol. The average molecular weight is 267 g/mol. The van der Waals surface area contributed by atoms with Crippen molar-refractivity contribution >= 4 is 11.8 Å². The highest BCUT2D eigenvalue weighted by atomic mass is 32.2. The second-order valence-corrected chi connectivity index (χ2v) is 5.52. The first-order chi connectivity index (χ1) is 8.81. The lowest BCUT2D eigenvalue weighted by Crippen LogP contribution is -2.25. The summed E-state index contributed by atoms with van der Waals surface area (Å²) in [6.07, 6.45) is 1.07. The van der Waals surface area contributed by atoms with Crippen molar-refractivity contribution in [2.24, 2.45) is 0 Å². The standard InChI is InChI=1S/C15H25NOS/c1-4-11-17-12-15(16-5-2)13-7-9-14(10-8-13)18-6-3/h7-10,15-16H,4-6,11-12H2,1-3H3. The number of hydrogen-bond acceptors (Lipinski definition) is 3. The normalized spacial score (nSPS) is 12.6. The lowest BCUT2D eigenvalue weighted by atomic mass is 10.1. The van der Waals surface area contributed by atoms with Gasteiger partial charge in [0.05, 0.1) is 12.6 Å². The maximum absolute atomic E-state index is 5.66. The Morgan fingerprint density at radius 3 is 2.44 bits per heavy atom. The van der Waals surface area contributed by atoms with Crippen LogP contribution in [-0.2, 0) is 4.74 Å². The highest BCUT2D eigenvalue weighted by molar-refractivity contribution is 7.99. The van der Waals surface area contributed by atoms with Crippen LogP contribution in [0.5, 0.6) is 0 Å². The maximum atomic E-state index is 5.66. The number of hydrogen-bond donors (Lipinski definition) is 1. The van der Waals surface area contributed by atoms with Crippen molar-refractivity contribution in [2.45, 2.75) is 38.1 Å². The van der Waals surface area contributed by atoms with Gasteiger partial charge in [-0.3, -0.25) is 0 Å². The molecule has 1 unspecified atom stereocenters. The minimum Gasteiger partial charge on any atom is -0.379 e. The molecule has 0 radical (unpaired) electrons. The van der Waals surface area contributed by atoms with Crippen LogP contribution < -0.4 is 5.32 Å². The third-order valence-electron chi connectivity index (χ3n) is 2.68. The monoisotopic (exact) mass is 267 g/mol. The van der Waals surface area contributed by atoms with Crippen LogP contribution in [-0.4, -0.2) is 25.5 Å². The molecule has 1 aromatic rings. The van der Waals surface area contributed by atoms with Crippen molar-refractivity contribution in [2.75, 3.05) is 25.5 Å². The molecule has 0 aromatic heterocycles. The van der Waals surface area contributed by atoms with E-state index in [-0.39, 0.29) is 0 Å². The molecule has 1 aromatic carbocycles. The van der Waals surface area contributed by atoms with E-state index in [1.165, 1.54) is 10.5 Å². The largest absolute Gasteiger partial charge is 0.379 e. The van der Waals surface area contributed by atoms with E-state index < -0.39 is 0 Å². The minimum absolute atomic E-state index is 0.308. The Balaban J connectivity index is 2.60. The first kappa shape index (κ1) is 15.5. The van der Waals surface area contributed by atoms with Gasteiger partial charge in [0.1, 0.15) is 0 Å². The molecule has 2 nitrogen and oxygen atoms in total. The highest BCUT2D eigenvalue weighted by Crippen LogP contribution is 2.21. The SMILES string of the molecule is CCCOCC(NCC)c1ccc(SCC)cc1. The molecule has 0 saturated carbocycles. The average Bonchev–Trinajstić information content (AvgIpc) is 2.39. The van der Waals surface area contributed by atoms with Crippen LogP contribution in [0.25, 0.3) is 0 Å². The van der Waals surface area contributed by atoms with Crippen LogP contribution in [0.3, 0.4) is 0 Å². The summed E-state index contributed by atoms with van der Waals surface area (Å²) in [5.74, 6) is 1.12. The molecular weight excluding hydrogens is 242 g/mol.